The first kappa shape index (κ1) is 18.6. The van der Waals surface area contributed by atoms with Crippen LogP contribution in [0.4, 0.5) is 5.82 Å². The highest BCUT2D eigenvalue weighted by Crippen LogP contribution is 2.27. The highest BCUT2D eigenvalue weighted by Gasteiger charge is 2.23. The van der Waals surface area contributed by atoms with Crippen LogP contribution in [0.15, 0.2) is 57.3 Å². The molecule has 4 aromatic rings. The van der Waals surface area contributed by atoms with Crippen LogP contribution in [0, 0.1) is 0 Å². The maximum Gasteiger partial charge on any atom is 0.336 e. The average molecular weight is 422 g/mol. The summed E-state index contributed by atoms with van der Waals surface area (Å²) in [6.45, 7) is 2.55. The average Bonchev–Trinajstić information content (AvgIpc) is 3.26. The van der Waals surface area contributed by atoms with E-state index in [1.165, 1.54) is 6.07 Å². The molecule has 1 fully saturated rings. The number of hydrogen-bond donors (Lipinski definition) is 0. The lowest BCUT2D eigenvalue weighted by Gasteiger charge is -2.35. The van der Waals surface area contributed by atoms with Gasteiger partial charge in [0.2, 0.25) is 0 Å². The van der Waals surface area contributed by atoms with Gasteiger partial charge in [0.05, 0.1) is 5.39 Å². The lowest BCUT2D eigenvalue weighted by Crippen LogP contribution is -2.50. The molecule has 9 heteroatoms. The van der Waals surface area contributed by atoms with Gasteiger partial charge in [-0.3, -0.25) is 4.79 Å². The van der Waals surface area contributed by atoms with Crippen molar-refractivity contribution in [3.8, 4) is 5.75 Å². The van der Waals surface area contributed by atoms with Gasteiger partial charge in [0.15, 0.2) is 6.61 Å². The molecule has 1 aromatic carbocycles. The number of nitrogens with zero attached hydrogens (tertiary/aromatic N) is 4. The molecular weight excluding hydrogens is 404 g/mol. The fraction of sp³-hybridized carbons (Fsp3) is 0.238. The van der Waals surface area contributed by atoms with Gasteiger partial charge in [0, 0.05) is 43.7 Å². The van der Waals surface area contributed by atoms with Gasteiger partial charge < -0.3 is 19.0 Å². The summed E-state index contributed by atoms with van der Waals surface area (Å²) in [6.07, 6.45) is 1.59. The van der Waals surface area contributed by atoms with E-state index in [-0.39, 0.29) is 12.5 Å². The quantitative estimate of drug-likeness (QED) is 0.467. The number of fused-ring (bicyclic) bond motifs is 2. The van der Waals surface area contributed by atoms with Gasteiger partial charge in [0.1, 0.15) is 28.3 Å². The van der Waals surface area contributed by atoms with Crippen molar-refractivity contribution < 1.29 is 13.9 Å². The molecule has 0 unspecified atom stereocenters. The van der Waals surface area contributed by atoms with E-state index in [2.05, 4.69) is 14.9 Å². The molecule has 0 spiro atoms. The van der Waals surface area contributed by atoms with Crippen molar-refractivity contribution in [2.45, 2.75) is 0 Å². The summed E-state index contributed by atoms with van der Waals surface area (Å²) < 4.78 is 10.8. The zero-order valence-corrected chi connectivity index (χ0v) is 16.8. The van der Waals surface area contributed by atoms with Crippen LogP contribution in [0.2, 0.25) is 0 Å². The number of ether oxygens (including phenoxy) is 1. The molecule has 0 bridgehead atoms. The van der Waals surface area contributed by atoms with Gasteiger partial charge in [0.25, 0.3) is 5.91 Å². The minimum absolute atomic E-state index is 0.0646. The summed E-state index contributed by atoms with van der Waals surface area (Å²) in [4.78, 5) is 37.6. The summed E-state index contributed by atoms with van der Waals surface area (Å²) in [5.41, 5.74) is 0.0164. The first-order valence-electron chi connectivity index (χ1n) is 9.55. The largest absolute Gasteiger partial charge is 0.484 e. The molecule has 1 aliphatic rings. The van der Waals surface area contributed by atoms with E-state index < -0.39 is 5.63 Å². The molecule has 1 amide bonds. The minimum Gasteiger partial charge on any atom is -0.484 e. The smallest absolute Gasteiger partial charge is 0.336 e. The van der Waals surface area contributed by atoms with Crippen LogP contribution in [-0.4, -0.2) is 53.6 Å². The van der Waals surface area contributed by atoms with Crippen LogP contribution in [0.25, 0.3) is 21.2 Å². The SMILES string of the molecule is O=C(COc1ccc2ccc(=O)oc2c1)N1CCN(c2ncnc3sccc23)CC1. The first-order chi connectivity index (χ1) is 14.7. The summed E-state index contributed by atoms with van der Waals surface area (Å²) in [7, 11) is 0. The van der Waals surface area contributed by atoms with Crippen LogP contribution in [-0.2, 0) is 4.79 Å². The van der Waals surface area contributed by atoms with Gasteiger partial charge in [-0.25, -0.2) is 14.8 Å². The van der Waals surface area contributed by atoms with Crippen molar-refractivity contribution in [3.05, 3.63) is 58.5 Å². The summed E-state index contributed by atoms with van der Waals surface area (Å²) in [6, 6.07) is 10.3. The van der Waals surface area contributed by atoms with Crippen molar-refractivity contribution in [2.24, 2.45) is 0 Å². The normalized spacial score (nSPS) is 14.4. The third kappa shape index (κ3) is 3.59. The Hall–Kier alpha value is -3.46. The van der Waals surface area contributed by atoms with Crippen molar-refractivity contribution in [1.29, 1.82) is 0 Å². The Labute approximate surface area is 175 Å². The molecular formula is C21H18N4O4S. The van der Waals surface area contributed by atoms with E-state index in [1.54, 1.807) is 46.8 Å². The number of hydrogen-bond acceptors (Lipinski definition) is 8. The minimum atomic E-state index is -0.419. The molecule has 0 N–H and O–H groups in total. The maximum absolute atomic E-state index is 12.6. The second kappa shape index (κ2) is 7.75. The summed E-state index contributed by atoms with van der Waals surface area (Å²) in [5.74, 6) is 1.33. The highest BCUT2D eigenvalue weighted by molar-refractivity contribution is 7.16. The number of amides is 1. The second-order valence-electron chi connectivity index (χ2n) is 6.95. The summed E-state index contributed by atoms with van der Waals surface area (Å²) >= 11 is 1.59. The van der Waals surface area contributed by atoms with E-state index in [9.17, 15) is 9.59 Å². The Bertz CT molecular complexity index is 1280. The number of carbonyl (C=O) groups excluding carboxylic acids is 1. The molecule has 0 saturated carbocycles. The van der Waals surface area contributed by atoms with E-state index in [4.69, 9.17) is 9.15 Å². The van der Waals surface area contributed by atoms with Crippen molar-refractivity contribution >= 4 is 44.2 Å². The molecule has 1 saturated heterocycles. The van der Waals surface area contributed by atoms with Crippen LogP contribution in [0.5, 0.6) is 5.75 Å². The molecule has 4 heterocycles. The molecule has 5 rings (SSSR count). The maximum atomic E-state index is 12.6. The number of thiophene rings is 1. The Balaban J connectivity index is 1.20. The van der Waals surface area contributed by atoms with Crippen LogP contribution in [0.3, 0.4) is 0 Å². The molecule has 0 aliphatic carbocycles. The number of carbonyl (C=O) groups is 1. The number of benzene rings is 1. The molecule has 152 valence electrons. The van der Waals surface area contributed by atoms with Crippen molar-refractivity contribution in [1.82, 2.24) is 14.9 Å². The molecule has 8 nitrogen and oxygen atoms in total. The van der Waals surface area contributed by atoms with Crippen molar-refractivity contribution in [3.63, 3.8) is 0 Å². The third-order valence-corrected chi connectivity index (χ3v) is 5.95. The van der Waals surface area contributed by atoms with E-state index >= 15 is 0 Å². The van der Waals surface area contributed by atoms with Gasteiger partial charge in [-0.15, -0.1) is 11.3 Å². The van der Waals surface area contributed by atoms with Crippen LogP contribution >= 0.6 is 11.3 Å². The van der Waals surface area contributed by atoms with Gasteiger partial charge in [-0.2, -0.15) is 0 Å². The van der Waals surface area contributed by atoms with Gasteiger partial charge in [-0.05, 0) is 29.6 Å². The lowest BCUT2D eigenvalue weighted by atomic mass is 10.2. The van der Waals surface area contributed by atoms with Gasteiger partial charge in [-0.1, -0.05) is 0 Å². The van der Waals surface area contributed by atoms with E-state index in [0.717, 1.165) is 21.4 Å². The summed E-state index contributed by atoms with van der Waals surface area (Å²) in [5, 5.41) is 3.86. The Morgan fingerprint density at radius 1 is 1.10 bits per heavy atom. The Kier molecular flexibility index (Phi) is 4.80. The van der Waals surface area contributed by atoms with Crippen LogP contribution in [0.1, 0.15) is 0 Å². The second-order valence-corrected chi connectivity index (χ2v) is 7.84. The Morgan fingerprint density at radius 3 is 2.80 bits per heavy atom. The molecule has 3 aromatic heterocycles. The zero-order valence-electron chi connectivity index (χ0n) is 16.0. The molecule has 30 heavy (non-hydrogen) atoms. The third-order valence-electron chi connectivity index (χ3n) is 5.13. The van der Waals surface area contributed by atoms with E-state index in [0.29, 0.717) is 37.5 Å². The fourth-order valence-electron chi connectivity index (χ4n) is 3.56. The number of rotatable bonds is 4. The monoisotopic (exact) mass is 422 g/mol. The van der Waals surface area contributed by atoms with Crippen molar-refractivity contribution in [2.75, 3.05) is 37.7 Å². The predicted octanol–water partition coefficient (Wildman–Crippen LogP) is 2.53. The number of aromatic nitrogens is 2. The first-order valence-corrected chi connectivity index (χ1v) is 10.4. The molecule has 0 radical (unpaired) electrons. The molecule has 1 aliphatic heterocycles. The standard InChI is InChI=1S/C21H18N4O4S/c26-18(12-28-15-3-1-14-2-4-19(27)29-17(14)11-15)24-6-8-25(9-7-24)20-16-5-10-30-21(16)23-13-22-20/h1-5,10-11,13H,6-9,12H2. The Morgan fingerprint density at radius 2 is 1.93 bits per heavy atom. The molecule has 0 atom stereocenters. The van der Waals surface area contributed by atoms with E-state index in [1.807, 2.05) is 11.4 Å². The lowest BCUT2D eigenvalue weighted by molar-refractivity contribution is -0.133. The highest BCUT2D eigenvalue weighted by atomic mass is 32.1. The zero-order chi connectivity index (χ0) is 20.5. The van der Waals surface area contributed by atoms with Crippen LogP contribution < -0.4 is 15.3 Å². The van der Waals surface area contributed by atoms with Gasteiger partial charge >= 0.3 is 5.63 Å². The predicted molar refractivity (Wildman–Crippen MR) is 114 cm³/mol. The fourth-order valence-corrected chi connectivity index (χ4v) is 4.29. The number of anilines is 1. The number of piperazine rings is 1. The topological polar surface area (TPSA) is 88.8 Å².